The zero-order valence-corrected chi connectivity index (χ0v) is 18.9. The van der Waals surface area contributed by atoms with Crippen LogP contribution < -0.4 is 5.32 Å². The van der Waals surface area contributed by atoms with Crippen LogP contribution in [0.4, 0.5) is 18.9 Å². The molecule has 1 aromatic carbocycles. The lowest BCUT2D eigenvalue weighted by molar-refractivity contribution is -0.136. The SMILES string of the molecule is Cc1cc(C(F)(F)F)c2c(C)nn(CC(=O)Nc3cnn(Cc4ccc(Cl)c(Cl)c4)c3)c2n1. The second kappa shape index (κ2) is 8.68. The van der Waals surface area contributed by atoms with Gasteiger partial charge in [-0.1, -0.05) is 29.3 Å². The first-order chi connectivity index (χ1) is 15.5. The maximum atomic E-state index is 13.5. The number of fused-ring (bicyclic) bond motifs is 1. The number of nitrogens with zero attached hydrogens (tertiary/aromatic N) is 5. The molecule has 0 bridgehead atoms. The van der Waals surface area contributed by atoms with Crippen LogP contribution in [0.5, 0.6) is 0 Å². The van der Waals surface area contributed by atoms with E-state index in [0.29, 0.717) is 22.3 Å². The van der Waals surface area contributed by atoms with Gasteiger partial charge in [-0.25, -0.2) is 9.67 Å². The summed E-state index contributed by atoms with van der Waals surface area (Å²) in [6.45, 7) is 3.01. The molecule has 0 aliphatic carbocycles. The summed E-state index contributed by atoms with van der Waals surface area (Å²) in [4.78, 5) is 16.7. The third-order valence-electron chi connectivity index (χ3n) is 4.85. The molecule has 0 unspecified atom stereocenters. The predicted molar refractivity (Wildman–Crippen MR) is 118 cm³/mol. The number of carbonyl (C=O) groups excluding carboxylic acids is 1. The largest absolute Gasteiger partial charge is 0.417 e. The molecule has 4 rings (SSSR count). The zero-order valence-electron chi connectivity index (χ0n) is 17.4. The summed E-state index contributed by atoms with van der Waals surface area (Å²) in [5.41, 5.74) is 0.800. The number of pyridine rings is 1. The molecule has 0 aliphatic heterocycles. The number of benzene rings is 1. The van der Waals surface area contributed by atoms with Crippen LogP contribution in [0.1, 0.15) is 22.5 Å². The van der Waals surface area contributed by atoms with E-state index in [0.717, 1.165) is 11.6 Å². The Labute approximate surface area is 196 Å². The molecule has 0 fully saturated rings. The molecular weight excluding hydrogens is 480 g/mol. The summed E-state index contributed by atoms with van der Waals surface area (Å²) in [5, 5.41) is 11.7. The molecule has 1 amide bonds. The van der Waals surface area contributed by atoms with Crippen molar-refractivity contribution in [1.82, 2.24) is 24.5 Å². The lowest BCUT2D eigenvalue weighted by Crippen LogP contribution is -2.19. The minimum atomic E-state index is -4.56. The molecule has 172 valence electrons. The molecule has 1 N–H and O–H groups in total. The summed E-state index contributed by atoms with van der Waals surface area (Å²) in [7, 11) is 0. The number of carbonyl (C=O) groups is 1. The van der Waals surface area contributed by atoms with Crippen molar-refractivity contribution in [2.45, 2.75) is 33.1 Å². The van der Waals surface area contributed by atoms with Crippen LogP contribution in [0.2, 0.25) is 10.0 Å². The number of aryl methyl sites for hydroxylation is 2. The topological polar surface area (TPSA) is 77.6 Å². The number of alkyl halides is 3. The quantitative estimate of drug-likeness (QED) is 0.408. The van der Waals surface area contributed by atoms with Crippen molar-refractivity contribution < 1.29 is 18.0 Å². The highest BCUT2D eigenvalue weighted by atomic mass is 35.5. The molecule has 3 aromatic heterocycles. The number of amides is 1. The second-order valence-corrected chi connectivity index (χ2v) is 8.29. The molecular formula is C21H17Cl2F3N6O. The number of hydrogen-bond donors (Lipinski definition) is 1. The molecule has 12 heteroatoms. The van der Waals surface area contributed by atoms with Gasteiger partial charge >= 0.3 is 6.18 Å². The number of hydrogen-bond acceptors (Lipinski definition) is 4. The minimum absolute atomic E-state index is 0.00490. The Hall–Kier alpha value is -3.11. The maximum absolute atomic E-state index is 13.5. The lowest BCUT2D eigenvalue weighted by Gasteiger charge is -2.10. The van der Waals surface area contributed by atoms with E-state index in [4.69, 9.17) is 23.2 Å². The lowest BCUT2D eigenvalue weighted by atomic mass is 10.1. The van der Waals surface area contributed by atoms with Gasteiger partial charge in [0, 0.05) is 11.9 Å². The fourth-order valence-corrected chi connectivity index (χ4v) is 3.81. The molecule has 3 heterocycles. The molecule has 0 aliphatic rings. The number of rotatable bonds is 5. The Morgan fingerprint density at radius 2 is 1.91 bits per heavy atom. The summed E-state index contributed by atoms with van der Waals surface area (Å²) in [5.74, 6) is -0.481. The van der Waals surface area contributed by atoms with Crippen molar-refractivity contribution in [2.24, 2.45) is 0 Å². The minimum Gasteiger partial charge on any atom is -0.322 e. The van der Waals surface area contributed by atoms with Crippen LogP contribution in [0.3, 0.4) is 0 Å². The van der Waals surface area contributed by atoms with Gasteiger partial charge in [-0.2, -0.15) is 23.4 Å². The summed E-state index contributed by atoms with van der Waals surface area (Å²) < 4.78 is 43.2. The van der Waals surface area contributed by atoms with Gasteiger partial charge in [0.25, 0.3) is 0 Å². The number of halogens is 5. The van der Waals surface area contributed by atoms with E-state index in [-0.39, 0.29) is 29.0 Å². The third kappa shape index (κ3) is 4.96. The number of anilines is 1. The average molecular weight is 497 g/mol. The van der Waals surface area contributed by atoms with Gasteiger partial charge in [0.15, 0.2) is 5.65 Å². The molecule has 7 nitrogen and oxygen atoms in total. The van der Waals surface area contributed by atoms with Crippen LogP contribution in [0.25, 0.3) is 11.0 Å². The van der Waals surface area contributed by atoms with Crippen LogP contribution in [-0.2, 0) is 24.1 Å². The smallest absolute Gasteiger partial charge is 0.322 e. The van der Waals surface area contributed by atoms with Gasteiger partial charge in [0.2, 0.25) is 5.91 Å². The molecule has 0 radical (unpaired) electrons. The van der Waals surface area contributed by atoms with Gasteiger partial charge < -0.3 is 5.32 Å². The summed E-state index contributed by atoms with van der Waals surface area (Å²) in [6, 6.07) is 6.19. The van der Waals surface area contributed by atoms with Gasteiger partial charge in [-0.15, -0.1) is 0 Å². The normalized spacial score (nSPS) is 11.8. The van der Waals surface area contributed by atoms with Crippen molar-refractivity contribution >= 4 is 45.8 Å². The van der Waals surface area contributed by atoms with Crippen LogP contribution in [0.15, 0.2) is 36.7 Å². The Bertz CT molecular complexity index is 1360. The van der Waals surface area contributed by atoms with E-state index in [1.807, 2.05) is 6.07 Å². The zero-order chi connectivity index (χ0) is 23.9. The molecule has 0 spiro atoms. The van der Waals surface area contributed by atoms with Gasteiger partial charge in [0.1, 0.15) is 6.54 Å². The monoisotopic (exact) mass is 496 g/mol. The molecule has 0 saturated heterocycles. The van der Waals surface area contributed by atoms with Crippen molar-refractivity contribution in [2.75, 3.05) is 5.32 Å². The van der Waals surface area contributed by atoms with Gasteiger partial charge in [-0.3, -0.25) is 9.48 Å². The van der Waals surface area contributed by atoms with Crippen LogP contribution in [-0.4, -0.2) is 30.5 Å². The highest BCUT2D eigenvalue weighted by Gasteiger charge is 2.35. The molecule has 33 heavy (non-hydrogen) atoms. The summed E-state index contributed by atoms with van der Waals surface area (Å²) >= 11 is 11.9. The van der Waals surface area contributed by atoms with Crippen molar-refractivity contribution in [3.05, 3.63) is 69.2 Å². The van der Waals surface area contributed by atoms with Crippen LogP contribution in [0, 0.1) is 13.8 Å². The standard InChI is InChI=1S/C21H17Cl2F3N6O/c1-11-5-15(21(24,25)26)19-12(2)30-32(20(19)28-11)10-18(33)29-14-7-27-31(9-14)8-13-3-4-16(22)17(23)6-13/h3-7,9H,8,10H2,1-2H3,(H,29,33). The van der Waals surface area contributed by atoms with Crippen molar-refractivity contribution in [1.29, 1.82) is 0 Å². The van der Waals surface area contributed by atoms with E-state index in [2.05, 4.69) is 20.5 Å². The summed E-state index contributed by atoms with van der Waals surface area (Å²) in [6.07, 6.45) is -1.47. The highest BCUT2D eigenvalue weighted by Crippen LogP contribution is 2.36. The Morgan fingerprint density at radius 1 is 1.15 bits per heavy atom. The first-order valence-electron chi connectivity index (χ1n) is 9.69. The predicted octanol–water partition coefficient (Wildman–Crippen LogP) is 5.26. The van der Waals surface area contributed by atoms with Crippen molar-refractivity contribution in [3.63, 3.8) is 0 Å². The maximum Gasteiger partial charge on any atom is 0.417 e. The Balaban J connectivity index is 1.51. The van der Waals surface area contributed by atoms with Gasteiger partial charge in [-0.05, 0) is 37.6 Å². The average Bonchev–Trinajstić information content (AvgIpc) is 3.27. The van der Waals surface area contributed by atoms with E-state index >= 15 is 0 Å². The molecule has 4 aromatic rings. The highest BCUT2D eigenvalue weighted by molar-refractivity contribution is 6.42. The van der Waals surface area contributed by atoms with Crippen molar-refractivity contribution in [3.8, 4) is 0 Å². The Kier molecular flexibility index (Phi) is 6.06. The van der Waals surface area contributed by atoms with E-state index in [1.165, 1.54) is 24.7 Å². The molecule has 0 saturated carbocycles. The number of nitrogens with one attached hydrogen (secondary N) is 1. The number of aromatic nitrogens is 5. The van der Waals surface area contributed by atoms with Crippen LogP contribution >= 0.6 is 23.2 Å². The van der Waals surface area contributed by atoms with E-state index < -0.39 is 17.6 Å². The van der Waals surface area contributed by atoms with E-state index in [1.54, 1.807) is 23.0 Å². The third-order valence-corrected chi connectivity index (χ3v) is 5.59. The first-order valence-corrected chi connectivity index (χ1v) is 10.4. The first kappa shape index (κ1) is 23.1. The molecule has 0 atom stereocenters. The van der Waals surface area contributed by atoms with Gasteiger partial charge in [0.05, 0.1) is 45.1 Å². The fraction of sp³-hybridized carbons (Fsp3) is 0.238. The second-order valence-electron chi connectivity index (χ2n) is 7.47. The fourth-order valence-electron chi connectivity index (χ4n) is 3.49. The van der Waals surface area contributed by atoms with E-state index in [9.17, 15) is 18.0 Å². The Morgan fingerprint density at radius 3 is 2.61 bits per heavy atom.